The number of ether oxygens (including phenoxy) is 1. The molecule has 76 valence electrons. The Kier molecular flexibility index (Phi) is 2.25. The molecule has 0 fully saturated rings. The number of allylic oxidation sites excluding steroid dienone is 2. The van der Waals surface area contributed by atoms with Crippen LogP contribution in [0, 0.1) is 5.41 Å². The average Bonchev–Trinajstić information content (AvgIpc) is 2.29. The molecule has 0 saturated heterocycles. The minimum atomic E-state index is -0.533. The summed E-state index contributed by atoms with van der Waals surface area (Å²) in [6, 6.07) is 7.26. The van der Waals surface area contributed by atoms with E-state index in [4.69, 9.17) is 10.1 Å². The van der Waals surface area contributed by atoms with Crippen LogP contribution in [0.3, 0.4) is 0 Å². The number of nitrogens with one attached hydrogen (secondary N) is 1. The van der Waals surface area contributed by atoms with E-state index in [1.165, 1.54) is 0 Å². The maximum absolute atomic E-state index is 10.4. The molecule has 0 aromatic heterocycles. The topological polar surface area (TPSA) is 70.4 Å². The Morgan fingerprint density at radius 3 is 2.93 bits per heavy atom. The minimum Gasteiger partial charge on any atom is -0.502 e. The van der Waals surface area contributed by atoms with Gasteiger partial charge in [-0.2, -0.15) is 0 Å². The van der Waals surface area contributed by atoms with E-state index in [-0.39, 0.29) is 24.4 Å². The molecule has 0 radical (unpaired) electrons. The smallest absolute Gasteiger partial charge is 0.200 e. The summed E-state index contributed by atoms with van der Waals surface area (Å²) in [5.41, 5.74) is 1.61. The molecule has 4 nitrogen and oxygen atoms in total. The van der Waals surface area contributed by atoms with Crippen molar-refractivity contribution in [3.8, 4) is 0 Å². The lowest BCUT2D eigenvalue weighted by molar-refractivity contribution is -0.107. The Morgan fingerprint density at radius 1 is 1.47 bits per heavy atom. The number of benzene rings is 1. The summed E-state index contributed by atoms with van der Waals surface area (Å²) >= 11 is 0. The van der Waals surface area contributed by atoms with E-state index in [0.29, 0.717) is 5.56 Å². The zero-order valence-electron chi connectivity index (χ0n) is 7.86. The molecule has 4 heteroatoms. The highest BCUT2D eigenvalue weighted by molar-refractivity contribution is 6.12. The van der Waals surface area contributed by atoms with Crippen molar-refractivity contribution in [3.63, 3.8) is 0 Å². The molecule has 1 aromatic carbocycles. The number of hydrogen-bond donors (Lipinski definition) is 2. The molecule has 1 aliphatic heterocycles. The first-order chi connectivity index (χ1) is 7.24. The van der Waals surface area contributed by atoms with Crippen molar-refractivity contribution in [2.75, 3.05) is 0 Å². The first-order valence-electron chi connectivity index (χ1n) is 4.42. The Labute approximate surface area is 86.3 Å². The van der Waals surface area contributed by atoms with Gasteiger partial charge >= 0.3 is 0 Å². The van der Waals surface area contributed by atoms with Crippen LogP contribution in [0.15, 0.2) is 35.8 Å². The Morgan fingerprint density at radius 2 is 2.20 bits per heavy atom. The van der Waals surface area contributed by atoms with Crippen LogP contribution in [-0.4, -0.2) is 17.1 Å². The quantitative estimate of drug-likeness (QED) is 0.413. The summed E-state index contributed by atoms with van der Waals surface area (Å²) in [7, 11) is 0. The highest BCUT2D eigenvalue weighted by atomic mass is 16.5. The number of fused-ring (bicyclic) bond motifs is 1. The predicted octanol–water partition coefficient (Wildman–Crippen LogP) is 1.55. The van der Waals surface area contributed by atoms with Gasteiger partial charge in [0.2, 0.25) is 5.76 Å². The van der Waals surface area contributed by atoms with Crippen LogP contribution in [0.5, 0.6) is 0 Å². The van der Waals surface area contributed by atoms with E-state index in [1.54, 1.807) is 12.1 Å². The van der Waals surface area contributed by atoms with Crippen LogP contribution in [0.4, 0.5) is 0 Å². The standard InChI is InChI=1S/C11H9NO3/c12-10-8-4-2-1-3-7(8)6-15-11(10)9(14)5-13/h1-5,12,14H,6H2/b11-9+,12-10?. The maximum atomic E-state index is 10.4. The SMILES string of the molecule is N=C1/C(=C(\O)C=O)OCc2ccccc21. The third-order valence-electron chi connectivity index (χ3n) is 2.23. The molecule has 1 aliphatic rings. The van der Waals surface area contributed by atoms with Crippen LogP contribution < -0.4 is 0 Å². The van der Waals surface area contributed by atoms with Gasteiger partial charge in [-0.15, -0.1) is 0 Å². The number of aliphatic hydroxyl groups excluding tert-OH is 1. The van der Waals surface area contributed by atoms with Gasteiger partial charge in [-0.05, 0) is 5.56 Å². The van der Waals surface area contributed by atoms with Gasteiger partial charge in [-0.1, -0.05) is 24.3 Å². The second-order valence-electron chi connectivity index (χ2n) is 3.15. The van der Waals surface area contributed by atoms with Crippen LogP contribution in [0.25, 0.3) is 0 Å². The molecule has 0 saturated carbocycles. The molecular weight excluding hydrogens is 194 g/mol. The first-order valence-corrected chi connectivity index (χ1v) is 4.42. The molecule has 2 rings (SSSR count). The number of aldehydes is 1. The third-order valence-corrected chi connectivity index (χ3v) is 2.23. The molecular formula is C11H9NO3. The summed E-state index contributed by atoms with van der Waals surface area (Å²) in [6.45, 7) is 0.270. The second-order valence-corrected chi connectivity index (χ2v) is 3.15. The number of aliphatic hydroxyl groups is 1. The highest BCUT2D eigenvalue weighted by Crippen LogP contribution is 2.23. The zero-order chi connectivity index (χ0) is 10.8. The van der Waals surface area contributed by atoms with Gasteiger partial charge in [0.1, 0.15) is 12.3 Å². The molecule has 0 spiro atoms. The average molecular weight is 203 g/mol. The Balaban J connectivity index is 2.51. The van der Waals surface area contributed by atoms with Gasteiger partial charge in [0, 0.05) is 5.56 Å². The van der Waals surface area contributed by atoms with Crippen LogP contribution in [0.2, 0.25) is 0 Å². The van der Waals surface area contributed by atoms with Gasteiger partial charge in [0.15, 0.2) is 12.0 Å². The fraction of sp³-hybridized carbons (Fsp3) is 0.0909. The molecule has 0 atom stereocenters. The lowest BCUT2D eigenvalue weighted by Gasteiger charge is -2.20. The highest BCUT2D eigenvalue weighted by Gasteiger charge is 2.22. The van der Waals surface area contributed by atoms with Gasteiger partial charge in [0.05, 0.1) is 0 Å². The second kappa shape index (κ2) is 3.57. The fourth-order valence-corrected chi connectivity index (χ4v) is 1.49. The van der Waals surface area contributed by atoms with E-state index >= 15 is 0 Å². The first kappa shape index (κ1) is 9.45. The fourth-order valence-electron chi connectivity index (χ4n) is 1.49. The van der Waals surface area contributed by atoms with Crippen molar-refractivity contribution in [1.29, 1.82) is 5.41 Å². The van der Waals surface area contributed by atoms with Crippen molar-refractivity contribution < 1.29 is 14.6 Å². The van der Waals surface area contributed by atoms with Gasteiger partial charge in [0.25, 0.3) is 0 Å². The molecule has 0 aliphatic carbocycles. The summed E-state index contributed by atoms with van der Waals surface area (Å²) in [4.78, 5) is 10.4. The lowest BCUT2D eigenvalue weighted by Crippen LogP contribution is -2.18. The minimum absolute atomic E-state index is 0.0430. The van der Waals surface area contributed by atoms with E-state index < -0.39 is 5.76 Å². The van der Waals surface area contributed by atoms with Gasteiger partial charge in [-0.25, -0.2) is 0 Å². The summed E-state index contributed by atoms with van der Waals surface area (Å²) in [5.74, 6) is -0.585. The van der Waals surface area contributed by atoms with Crippen molar-refractivity contribution in [2.24, 2.45) is 0 Å². The van der Waals surface area contributed by atoms with E-state index in [9.17, 15) is 9.90 Å². The molecule has 0 bridgehead atoms. The van der Waals surface area contributed by atoms with Crippen molar-refractivity contribution in [2.45, 2.75) is 6.61 Å². The van der Waals surface area contributed by atoms with E-state index in [1.807, 2.05) is 12.1 Å². The monoisotopic (exact) mass is 203 g/mol. The van der Waals surface area contributed by atoms with Crippen LogP contribution in [-0.2, 0) is 16.1 Å². The number of carbonyl (C=O) groups is 1. The molecule has 0 unspecified atom stereocenters. The normalized spacial score (nSPS) is 17.7. The molecule has 1 heterocycles. The summed E-state index contributed by atoms with van der Waals surface area (Å²) in [5, 5.41) is 17.0. The molecule has 2 N–H and O–H groups in total. The van der Waals surface area contributed by atoms with Crippen LogP contribution in [0.1, 0.15) is 11.1 Å². The maximum Gasteiger partial charge on any atom is 0.200 e. The van der Waals surface area contributed by atoms with Crippen molar-refractivity contribution in [1.82, 2.24) is 0 Å². The Bertz CT molecular complexity index is 463. The number of rotatable bonds is 1. The largest absolute Gasteiger partial charge is 0.502 e. The molecule has 15 heavy (non-hydrogen) atoms. The number of hydrogen-bond acceptors (Lipinski definition) is 4. The molecule has 0 amide bonds. The van der Waals surface area contributed by atoms with Gasteiger partial charge in [-0.3, -0.25) is 10.2 Å². The van der Waals surface area contributed by atoms with E-state index in [0.717, 1.165) is 5.56 Å². The summed E-state index contributed by atoms with van der Waals surface area (Å²) < 4.78 is 5.14. The van der Waals surface area contributed by atoms with Gasteiger partial charge < -0.3 is 9.84 Å². The zero-order valence-corrected chi connectivity index (χ0v) is 7.86. The predicted molar refractivity (Wildman–Crippen MR) is 53.8 cm³/mol. The summed E-state index contributed by atoms with van der Waals surface area (Å²) in [6.07, 6.45) is 0.276. The Hall–Kier alpha value is -2.10. The van der Waals surface area contributed by atoms with Crippen molar-refractivity contribution >= 4 is 12.0 Å². The third kappa shape index (κ3) is 1.50. The van der Waals surface area contributed by atoms with Crippen molar-refractivity contribution in [3.05, 3.63) is 46.9 Å². The number of carbonyl (C=O) groups excluding carboxylic acids is 1. The van der Waals surface area contributed by atoms with E-state index in [2.05, 4.69) is 0 Å². The van der Waals surface area contributed by atoms with Crippen LogP contribution >= 0.6 is 0 Å². The molecule has 1 aromatic rings. The lowest BCUT2D eigenvalue weighted by atomic mass is 9.99.